The molecule has 52 heavy (non-hydrogen) atoms. The summed E-state index contributed by atoms with van der Waals surface area (Å²) in [4.78, 5) is 22.3. The zero-order valence-electron chi connectivity index (χ0n) is 27.2. The Bertz CT molecular complexity index is 1990. The number of phenolic OH excluding ortho intramolecular Hbond substituents is 4. The number of esters is 1. The number of aliphatic hydroxyl groups excluding tert-OH is 3. The summed E-state index contributed by atoms with van der Waals surface area (Å²) in [5.41, 5.74) is -1.98. The maximum Gasteiger partial charge on any atom is 0.510 e. The van der Waals surface area contributed by atoms with Gasteiger partial charge in [0.05, 0.1) is 32.0 Å². The summed E-state index contributed by atoms with van der Waals surface area (Å²) < 4.78 is 39.2. The molecule has 2 saturated heterocycles. The van der Waals surface area contributed by atoms with Crippen molar-refractivity contribution in [1.29, 1.82) is 0 Å². The van der Waals surface area contributed by atoms with Crippen LogP contribution in [0.2, 0.25) is 0 Å². The fraction of sp³-hybridized carbons (Fsp3) is 0.314. The molecule has 0 spiro atoms. The van der Waals surface area contributed by atoms with Crippen molar-refractivity contribution in [2.75, 3.05) is 26.9 Å². The van der Waals surface area contributed by atoms with Gasteiger partial charge in [-0.25, -0.2) is 0 Å². The Kier molecular flexibility index (Phi) is 10.3. The third-order valence-corrected chi connectivity index (χ3v) is 8.41. The lowest BCUT2D eigenvalue weighted by Gasteiger charge is -2.39. The maximum atomic E-state index is 12.1. The van der Waals surface area contributed by atoms with E-state index in [0.29, 0.717) is 5.56 Å². The largest absolute Gasteiger partial charge is 0.510 e. The standard InChI is InChI=1S/C35H34O17/c1-46-26-8-16(2-5-21(26)38)3-7-28(42)48-14-35(45)15-49-34(32(35)44)52-31-29(43)24(41)13-47-33(31)51-27-12-19-22(39)10-18(36)11-25(19)50-30(27)17-4-6-20(37)23(40)9-17/h2-12,24,29,31-34,37-41,43-45H,13-15H2,1H3/p+1/t24-,29+,31-,32+,33+,34+,35-/m1/s1. The van der Waals surface area contributed by atoms with Gasteiger partial charge in [-0.3, -0.25) is 4.79 Å². The summed E-state index contributed by atoms with van der Waals surface area (Å²) in [6, 6.07) is 11.5. The number of ether oxygens (including phenoxy) is 6. The number of phenols is 4. The Morgan fingerprint density at radius 1 is 0.923 bits per heavy atom. The van der Waals surface area contributed by atoms with Crippen LogP contribution >= 0.6 is 0 Å². The van der Waals surface area contributed by atoms with E-state index in [-0.39, 0.29) is 39.9 Å². The Balaban J connectivity index is 1.20. The predicted molar refractivity (Wildman–Crippen MR) is 177 cm³/mol. The van der Waals surface area contributed by atoms with Crippen LogP contribution in [-0.2, 0) is 18.9 Å². The third kappa shape index (κ3) is 7.46. The zero-order chi connectivity index (χ0) is 37.3. The van der Waals surface area contributed by atoms with Crippen molar-refractivity contribution in [2.45, 2.75) is 42.6 Å². The van der Waals surface area contributed by atoms with E-state index in [1.807, 2.05) is 0 Å². The molecule has 6 rings (SSSR count). The molecule has 0 radical (unpaired) electrons. The first kappa shape index (κ1) is 36.4. The van der Waals surface area contributed by atoms with Gasteiger partial charge in [-0.15, -0.1) is 0 Å². The van der Waals surface area contributed by atoms with Gasteiger partial charge in [0.25, 0.3) is 0 Å². The normalized spacial score (nSPS) is 26.1. The summed E-state index contributed by atoms with van der Waals surface area (Å²) >= 11 is 0. The number of fused-ring (bicyclic) bond motifs is 1. The van der Waals surface area contributed by atoms with Crippen LogP contribution in [0.4, 0.5) is 0 Å². The molecule has 1 aliphatic carbocycles. The highest BCUT2D eigenvalue weighted by Crippen LogP contribution is 2.43. The van der Waals surface area contributed by atoms with Gasteiger partial charge >= 0.3 is 5.97 Å². The minimum atomic E-state index is -2.13. The first-order chi connectivity index (χ1) is 24.8. The van der Waals surface area contributed by atoms with Crippen LogP contribution in [0.5, 0.6) is 34.5 Å². The van der Waals surface area contributed by atoms with Crippen LogP contribution in [-0.4, -0.2) is 121 Å². The Morgan fingerprint density at radius 2 is 1.69 bits per heavy atom. The molecule has 3 aliphatic heterocycles. The van der Waals surface area contributed by atoms with Crippen LogP contribution in [0.1, 0.15) is 5.56 Å². The van der Waals surface area contributed by atoms with E-state index in [1.165, 1.54) is 43.5 Å². The van der Waals surface area contributed by atoms with Gasteiger partial charge in [-0.1, -0.05) is 6.07 Å². The minimum Gasteiger partial charge on any atom is -0.507 e. The number of aromatic hydroxyl groups is 4. The molecule has 4 aliphatic rings. The second-order valence-corrected chi connectivity index (χ2v) is 12.1. The lowest BCUT2D eigenvalue weighted by molar-refractivity contribution is -0.297. The molecule has 0 saturated carbocycles. The van der Waals surface area contributed by atoms with Gasteiger partial charge in [0, 0.05) is 17.7 Å². The molecule has 2 aromatic carbocycles. The predicted octanol–water partition coefficient (Wildman–Crippen LogP) is 0.765. The second-order valence-electron chi connectivity index (χ2n) is 12.1. The summed E-state index contributed by atoms with van der Waals surface area (Å²) in [7, 11) is 1.38. The summed E-state index contributed by atoms with van der Waals surface area (Å²) in [5, 5.41) is 83.7. The van der Waals surface area contributed by atoms with E-state index in [4.69, 9.17) is 32.8 Å². The molecule has 0 aromatic heterocycles. The molecule has 2 aromatic rings. The van der Waals surface area contributed by atoms with E-state index in [0.717, 1.165) is 24.3 Å². The van der Waals surface area contributed by atoms with Gasteiger partial charge in [0.2, 0.25) is 12.9 Å². The van der Waals surface area contributed by atoms with Gasteiger partial charge in [0.1, 0.15) is 29.8 Å². The van der Waals surface area contributed by atoms with Crippen molar-refractivity contribution in [3.8, 4) is 57.1 Å². The lowest BCUT2D eigenvalue weighted by atomic mass is 10.0. The molecule has 9 N–H and O–H groups in total. The Hall–Kier alpha value is -5.40. The smallest absolute Gasteiger partial charge is 0.507 e. The van der Waals surface area contributed by atoms with Crippen molar-refractivity contribution in [3.05, 3.63) is 76.5 Å². The SMILES string of the molecule is COc1cc(C=CC(=[OH+])OC[C@@]2(O)CO[C@@H](O[C@H]3[C@H](Oc4cc5c(O)cc(=O)cc-5oc4-c4ccc(O)c(O)c4)OC[C@@H](O)[C@@H]3O)[C@@H]2O)ccc1O. The quantitative estimate of drug-likeness (QED) is 0.0485. The average molecular weight is 728 g/mol. The molecule has 2 fully saturated rings. The molecular weight excluding hydrogens is 692 g/mol. The van der Waals surface area contributed by atoms with E-state index < -0.39 is 91.1 Å². The van der Waals surface area contributed by atoms with Crippen LogP contribution in [0, 0.1) is 0 Å². The number of aliphatic hydroxyl groups is 4. The fourth-order valence-corrected chi connectivity index (χ4v) is 5.53. The van der Waals surface area contributed by atoms with Gasteiger partial charge in [-0.2, -0.15) is 0 Å². The monoisotopic (exact) mass is 727 g/mol. The number of rotatable bonds is 10. The summed E-state index contributed by atoms with van der Waals surface area (Å²) in [5.74, 6) is -2.27. The lowest BCUT2D eigenvalue weighted by Crippen LogP contribution is -2.58. The molecule has 17 nitrogen and oxygen atoms in total. The highest BCUT2D eigenvalue weighted by molar-refractivity contribution is 5.88. The van der Waals surface area contributed by atoms with Gasteiger partial charge in [-0.05, 0) is 48.0 Å². The van der Waals surface area contributed by atoms with Crippen molar-refractivity contribution < 1.29 is 78.5 Å². The van der Waals surface area contributed by atoms with E-state index in [9.17, 15) is 50.4 Å². The number of hydrogen-bond acceptors (Lipinski definition) is 16. The van der Waals surface area contributed by atoms with Crippen molar-refractivity contribution in [3.63, 3.8) is 0 Å². The van der Waals surface area contributed by atoms with Gasteiger partial charge < -0.3 is 78.5 Å². The Labute approximate surface area is 293 Å². The van der Waals surface area contributed by atoms with Crippen LogP contribution < -0.4 is 14.9 Å². The highest BCUT2D eigenvalue weighted by Gasteiger charge is 2.54. The summed E-state index contributed by atoms with van der Waals surface area (Å²) in [6.45, 7) is -1.67. The maximum absolute atomic E-state index is 12.1. The van der Waals surface area contributed by atoms with Crippen molar-refractivity contribution in [1.82, 2.24) is 0 Å². The second kappa shape index (κ2) is 14.7. The van der Waals surface area contributed by atoms with Crippen molar-refractivity contribution in [2.24, 2.45) is 0 Å². The molecule has 17 heteroatoms. The van der Waals surface area contributed by atoms with Crippen LogP contribution in [0.3, 0.4) is 0 Å². The van der Waals surface area contributed by atoms with E-state index in [2.05, 4.69) is 0 Å². The molecule has 276 valence electrons. The molecule has 0 bridgehead atoms. The first-order valence-corrected chi connectivity index (χ1v) is 15.6. The zero-order valence-corrected chi connectivity index (χ0v) is 27.2. The van der Waals surface area contributed by atoms with Crippen LogP contribution in [0.25, 0.3) is 28.7 Å². The van der Waals surface area contributed by atoms with Gasteiger partial charge in [0.15, 0.2) is 57.9 Å². The first-order valence-electron chi connectivity index (χ1n) is 15.6. The van der Waals surface area contributed by atoms with E-state index in [1.54, 1.807) is 6.07 Å². The number of carbonyl (C=O) groups excluding carboxylic acids is 1. The molecule has 0 amide bonds. The minimum absolute atomic E-state index is 0.0347. The third-order valence-electron chi connectivity index (χ3n) is 8.41. The van der Waals surface area contributed by atoms with Crippen LogP contribution in [0.15, 0.2) is 69.9 Å². The molecule has 3 heterocycles. The fourth-order valence-electron chi connectivity index (χ4n) is 5.53. The average Bonchev–Trinajstić information content (AvgIpc) is 3.40. The molecule has 7 atom stereocenters. The summed E-state index contributed by atoms with van der Waals surface area (Å²) in [6.07, 6.45) is -7.25. The Morgan fingerprint density at radius 3 is 2.44 bits per heavy atom. The number of methoxy groups -OCH3 is 1. The topological polar surface area (TPSA) is 269 Å². The van der Waals surface area contributed by atoms with E-state index >= 15 is 0 Å². The van der Waals surface area contributed by atoms with Crippen molar-refractivity contribution >= 4 is 12.0 Å². The highest BCUT2D eigenvalue weighted by atomic mass is 16.8. The number of hydrogen-bond donors (Lipinski definition) is 8. The number of benzene rings is 3. The molecular formula is C35H35O17+. The molecule has 0 unspecified atom stereocenters.